The first-order chi connectivity index (χ1) is 12.0. The molecule has 2 N–H and O–H groups in total. The molecule has 126 valence electrons. The fourth-order valence-electron chi connectivity index (χ4n) is 1.99. The summed E-state index contributed by atoms with van der Waals surface area (Å²) >= 11 is 13.3. The van der Waals surface area contributed by atoms with E-state index in [0.717, 1.165) is 0 Å². The second-order valence-corrected chi connectivity index (χ2v) is 6.48. The predicted octanol–water partition coefficient (Wildman–Crippen LogP) is 4.35. The second-order valence-electron chi connectivity index (χ2n) is 4.77. The van der Waals surface area contributed by atoms with Crippen LogP contribution < -0.4 is 10.6 Å². The fourth-order valence-corrected chi connectivity index (χ4v) is 3.09. The molecule has 0 spiro atoms. The third-order valence-electron chi connectivity index (χ3n) is 3.08. The molecule has 3 aromatic rings. The molecule has 2 aromatic heterocycles. The topological polar surface area (TPSA) is 84.0 Å². The van der Waals surface area contributed by atoms with Crippen molar-refractivity contribution < 1.29 is 9.59 Å². The van der Waals surface area contributed by atoms with E-state index < -0.39 is 5.91 Å². The third kappa shape index (κ3) is 4.14. The highest BCUT2D eigenvalue weighted by Gasteiger charge is 2.15. The zero-order valence-corrected chi connectivity index (χ0v) is 14.8. The molecule has 0 atom stereocenters. The highest BCUT2D eigenvalue weighted by Crippen LogP contribution is 2.25. The molecule has 0 saturated carbocycles. The summed E-state index contributed by atoms with van der Waals surface area (Å²) < 4.78 is 0. The van der Waals surface area contributed by atoms with Gasteiger partial charge in [-0.15, -0.1) is 11.3 Å². The van der Waals surface area contributed by atoms with E-state index in [2.05, 4.69) is 20.6 Å². The lowest BCUT2D eigenvalue weighted by Gasteiger charge is -2.09. The van der Waals surface area contributed by atoms with E-state index >= 15 is 0 Å². The van der Waals surface area contributed by atoms with E-state index in [4.69, 9.17) is 23.2 Å². The maximum atomic E-state index is 12.4. The number of halogens is 2. The summed E-state index contributed by atoms with van der Waals surface area (Å²) in [6, 6.07) is 7.92. The standard InChI is InChI=1S/C16H10Cl2N4O2S/c17-10-2-1-3-11(18)13(10)14(23)21-9-4-5-19-12(8-9)22-15(24)16-20-6-7-25-16/h1-8H,(H2,19,21,22,23,24). The molecule has 0 bridgehead atoms. The Morgan fingerprint density at radius 2 is 1.72 bits per heavy atom. The number of hydrogen-bond acceptors (Lipinski definition) is 5. The molecule has 25 heavy (non-hydrogen) atoms. The van der Waals surface area contributed by atoms with Crippen LogP contribution in [0, 0.1) is 0 Å². The monoisotopic (exact) mass is 392 g/mol. The van der Waals surface area contributed by atoms with Gasteiger partial charge in [0.2, 0.25) is 0 Å². The Kier molecular flexibility index (Phi) is 5.28. The Hall–Kier alpha value is -2.48. The molecule has 0 aliphatic heterocycles. The highest BCUT2D eigenvalue weighted by atomic mass is 35.5. The number of pyridine rings is 1. The van der Waals surface area contributed by atoms with Gasteiger partial charge >= 0.3 is 0 Å². The molecule has 2 amide bonds. The minimum atomic E-state index is -0.459. The van der Waals surface area contributed by atoms with Crippen molar-refractivity contribution in [1.29, 1.82) is 0 Å². The van der Waals surface area contributed by atoms with Crippen molar-refractivity contribution in [3.63, 3.8) is 0 Å². The first-order valence-corrected chi connectivity index (χ1v) is 8.60. The Morgan fingerprint density at radius 1 is 0.960 bits per heavy atom. The Morgan fingerprint density at radius 3 is 2.40 bits per heavy atom. The molecule has 0 fully saturated rings. The average molecular weight is 393 g/mol. The summed E-state index contributed by atoms with van der Waals surface area (Å²) in [5.74, 6) is -0.553. The van der Waals surface area contributed by atoms with Gasteiger partial charge in [0.05, 0.1) is 15.6 Å². The second kappa shape index (κ2) is 7.60. The SMILES string of the molecule is O=C(Nc1cc(NC(=O)c2c(Cl)cccc2Cl)ccn1)c1nccs1. The third-order valence-corrected chi connectivity index (χ3v) is 4.48. The van der Waals surface area contributed by atoms with Crippen molar-refractivity contribution in [3.05, 3.63) is 68.7 Å². The summed E-state index contributed by atoms with van der Waals surface area (Å²) in [6.07, 6.45) is 3.00. The van der Waals surface area contributed by atoms with Crippen molar-refractivity contribution in [2.75, 3.05) is 10.6 Å². The summed E-state index contributed by atoms with van der Waals surface area (Å²) in [5, 5.41) is 7.80. The quantitative estimate of drug-likeness (QED) is 0.690. The van der Waals surface area contributed by atoms with Crippen molar-refractivity contribution in [2.45, 2.75) is 0 Å². The van der Waals surface area contributed by atoms with Crippen LogP contribution >= 0.6 is 34.5 Å². The first-order valence-electron chi connectivity index (χ1n) is 6.97. The van der Waals surface area contributed by atoms with Crippen LogP contribution in [0.15, 0.2) is 48.1 Å². The molecule has 6 nitrogen and oxygen atoms in total. The number of carbonyl (C=O) groups is 2. The van der Waals surface area contributed by atoms with Gasteiger partial charge in [-0.1, -0.05) is 29.3 Å². The Labute approximate surface area is 156 Å². The van der Waals surface area contributed by atoms with Crippen molar-refractivity contribution in [3.8, 4) is 0 Å². The van der Waals surface area contributed by atoms with E-state index in [-0.39, 0.29) is 27.3 Å². The number of carbonyl (C=O) groups excluding carboxylic acids is 2. The average Bonchev–Trinajstić information content (AvgIpc) is 3.09. The number of rotatable bonds is 4. The van der Waals surface area contributed by atoms with Gasteiger partial charge in [0, 0.05) is 29.5 Å². The molecule has 0 radical (unpaired) electrons. The molecule has 0 saturated heterocycles. The van der Waals surface area contributed by atoms with Crippen LogP contribution in [-0.2, 0) is 0 Å². The van der Waals surface area contributed by atoms with Crippen LogP contribution in [0.5, 0.6) is 0 Å². The van der Waals surface area contributed by atoms with Crippen molar-refractivity contribution in [1.82, 2.24) is 9.97 Å². The lowest BCUT2D eigenvalue weighted by atomic mass is 10.2. The molecule has 3 rings (SSSR count). The molecular weight excluding hydrogens is 383 g/mol. The van der Waals surface area contributed by atoms with Crippen LogP contribution in [0.2, 0.25) is 10.0 Å². The van der Waals surface area contributed by atoms with Crippen LogP contribution in [0.25, 0.3) is 0 Å². The van der Waals surface area contributed by atoms with Gasteiger partial charge in [0.15, 0.2) is 5.01 Å². The van der Waals surface area contributed by atoms with Crippen LogP contribution in [-0.4, -0.2) is 21.8 Å². The van der Waals surface area contributed by atoms with Gasteiger partial charge in [0.25, 0.3) is 11.8 Å². The van der Waals surface area contributed by atoms with E-state index in [0.29, 0.717) is 10.7 Å². The predicted molar refractivity (Wildman–Crippen MR) is 98.7 cm³/mol. The lowest BCUT2D eigenvalue weighted by molar-refractivity contribution is 0.101. The molecule has 1 aromatic carbocycles. The molecule has 0 unspecified atom stereocenters. The zero-order valence-electron chi connectivity index (χ0n) is 12.5. The smallest absolute Gasteiger partial charge is 0.285 e. The largest absolute Gasteiger partial charge is 0.322 e. The number of aromatic nitrogens is 2. The van der Waals surface area contributed by atoms with Gasteiger partial charge in [-0.2, -0.15) is 0 Å². The van der Waals surface area contributed by atoms with Gasteiger partial charge in [0.1, 0.15) is 5.82 Å². The van der Waals surface area contributed by atoms with Crippen LogP contribution in [0.1, 0.15) is 20.2 Å². The molecular formula is C16H10Cl2N4O2S. The number of nitrogens with one attached hydrogen (secondary N) is 2. The minimum absolute atomic E-state index is 0.177. The highest BCUT2D eigenvalue weighted by molar-refractivity contribution is 7.11. The maximum absolute atomic E-state index is 12.4. The van der Waals surface area contributed by atoms with E-state index in [1.54, 1.807) is 29.6 Å². The number of amides is 2. The summed E-state index contributed by atoms with van der Waals surface area (Å²) in [5.41, 5.74) is 0.612. The molecule has 0 aliphatic rings. The lowest BCUT2D eigenvalue weighted by Crippen LogP contribution is -2.15. The van der Waals surface area contributed by atoms with Gasteiger partial charge in [-0.25, -0.2) is 9.97 Å². The number of anilines is 2. The molecule has 9 heteroatoms. The molecule has 2 heterocycles. The van der Waals surface area contributed by atoms with Crippen LogP contribution in [0.3, 0.4) is 0 Å². The number of thiazole rings is 1. The van der Waals surface area contributed by atoms with E-state index in [1.165, 1.54) is 29.8 Å². The Balaban J connectivity index is 1.76. The number of hydrogen-bond donors (Lipinski definition) is 2. The normalized spacial score (nSPS) is 10.3. The van der Waals surface area contributed by atoms with Crippen molar-refractivity contribution in [2.24, 2.45) is 0 Å². The van der Waals surface area contributed by atoms with Gasteiger partial charge < -0.3 is 10.6 Å². The van der Waals surface area contributed by atoms with Crippen molar-refractivity contribution >= 4 is 57.9 Å². The summed E-state index contributed by atoms with van der Waals surface area (Å²) in [7, 11) is 0. The number of benzene rings is 1. The summed E-state index contributed by atoms with van der Waals surface area (Å²) in [4.78, 5) is 32.3. The van der Waals surface area contributed by atoms with E-state index in [1.807, 2.05) is 0 Å². The number of nitrogens with zero attached hydrogens (tertiary/aromatic N) is 2. The van der Waals surface area contributed by atoms with Gasteiger partial charge in [-0.05, 0) is 18.2 Å². The molecule has 0 aliphatic carbocycles. The zero-order chi connectivity index (χ0) is 17.8. The summed E-state index contributed by atoms with van der Waals surface area (Å²) in [6.45, 7) is 0. The van der Waals surface area contributed by atoms with Crippen LogP contribution in [0.4, 0.5) is 11.5 Å². The maximum Gasteiger partial charge on any atom is 0.285 e. The minimum Gasteiger partial charge on any atom is -0.322 e. The van der Waals surface area contributed by atoms with Gasteiger partial charge in [-0.3, -0.25) is 9.59 Å². The Bertz CT molecular complexity index is 911. The first kappa shape index (κ1) is 17.3. The van der Waals surface area contributed by atoms with E-state index in [9.17, 15) is 9.59 Å². The fraction of sp³-hybridized carbons (Fsp3) is 0.